The normalized spacial score (nSPS) is 25.5. The molecule has 1 aromatic carbocycles. The summed E-state index contributed by atoms with van der Waals surface area (Å²) in [5, 5.41) is 3.52. The van der Waals surface area contributed by atoms with Crippen LogP contribution in [0.5, 0.6) is 5.75 Å². The van der Waals surface area contributed by atoms with E-state index in [4.69, 9.17) is 9.47 Å². The van der Waals surface area contributed by atoms with Gasteiger partial charge in [0.1, 0.15) is 5.75 Å². The molecule has 2 aliphatic heterocycles. The van der Waals surface area contributed by atoms with Crippen LogP contribution < -0.4 is 10.1 Å². The minimum absolute atomic E-state index is 0.481. The predicted molar refractivity (Wildman–Crippen MR) is 71.1 cm³/mol. The molecule has 1 aromatic rings. The van der Waals surface area contributed by atoms with E-state index in [0.29, 0.717) is 17.9 Å². The number of nitrogens with one attached hydrogen (secondary N) is 1. The molecule has 98 valence electrons. The zero-order chi connectivity index (χ0) is 12.4. The highest BCUT2D eigenvalue weighted by atomic mass is 16.5. The lowest BCUT2D eigenvalue weighted by molar-refractivity contribution is 0.0497. The summed E-state index contributed by atoms with van der Waals surface area (Å²) in [6.07, 6.45) is 2.31. The van der Waals surface area contributed by atoms with Gasteiger partial charge in [-0.15, -0.1) is 0 Å². The Morgan fingerprint density at radius 3 is 2.78 bits per heavy atom. The smallest absolute Gasteiger partial charge is 0.122 e. The van der Waals surface area contributed by atoms with Crippen molar-refractivity contribution < 1.29 is 9.47 Å². The topological polar surface area (TPSA) is 30.5 Å². The highest BCUT2D eigenvalue weighted by Gasteiger charge is 2.35. The minimum atomic E-state index is 0.481. The molecule has 0 bridgehead atoms. The molecule has 3 heteroatoms. The Kier molecular flexibility index (Phi) is 3.52. The highest BCUT2D eigenvalue weighted by molar-refractivity contribution is 5.40. The van der Waals surface area contributed by atoms with Crippen LogP contribution >= 0.6 is 0 Å². The van der Waals surface area contributed by atoms with E-state index in [2.05, 4.69) is 30.6 Å². The van der Waals surface area contributed by atoms with E-state index < -0.39 is 0 Å². The molecule has 2 unspecified atom stereocenters. The van der Waals surface area contributed by atoms with E-state index in [0.717, 1.165) is 38.4 Å². The number of benzene rings is 1. The summed E-state index contributed by atoms with van der Waals surface area (Å²) in [5.41, 5.74) is 1.36. The summed E-state index contributed by atoms with van der Waals surface area (Å²) in [5.74, 6) is 2.24. The fraction of sp³-hybridized carbons (Fsp3) is 0.600. The van der Waals surface area contributed by atoms with Gasteiger partial charge in [-0.1, -0.05) is 18.2 Å². The molecule has 2 aliphatic rings. The summed E-state index contributed by atoms with van der Waals surface area (Å²) in [4.78, 5) is 0. The maximum absolute atomic E-state index is 5.81. The second-order valence-electron chi connectivity index (χ2n) is 5.22. The lowest BCUT2D eigenvalue weighted by Crippen LogP contribution is -2.42. The van der Waals surface area contributed by atoms with Crippen molar-refractivity contribution in [1.29, 1.82) is 0 Å². The molecule has 3 rings (SSSR count). The average molecular weight is 247 g/mol. The molecule has 0 saturated carbocycles. The Hall–Kier alpha value is -1.06. The van der Waals surface area contributed by atoms with Crippen molar-refractivity contribution in [3.05, 3.63) is 29.8 Å². The number of ether oxygens (including phenoxy) is 2. The lowest BCUT2D eigenvalue weighted by atomic mass is 9.81. The third-order valence-electron chi connectivity index (χ3n) is 4.28. The van der Waals surface area contributed by atoms with Gasteiger partial charge in [0.05, 0.1) is 6.61 Å². The highest BCUT2D eigenvalue weighted by Crippen LogP contribution is 2.39. The molecule has 2 atom stereocenters. The molecule has 0 spiro atoms. The van der Waals surface area contributed by atoms with Gasteiger partial charge in [0.15, 0.2) is 0 Å². The molecule has 0 amide bonds. The molecule has 2 heterocycles. The first-order valence-corrected chi connectivity index (χ1v) is 6.87. The van der Waals surface area contributed by atoms with E-state index in [1.807, 2.05) is 6.07 Å². The Morgan fingerprint density at radius 1 is 1.22 bits per heavy atom. The monoisotopic (exact) mass is 247 g/mol. The number of hydrogen-bond donors (Lipinski definition) is 1. The molecule has 0 aromatic heterocycles. The Labute approximate surface area is 108 Å². The number of fused-ring (bicyclic) bond motifs is 1. The first-order valence-electron chi connectivity index (χ1n) is 6.87. The molecule has 0 radical (unpaired) electrons. The molecule has 18 heavy (non-hydrogen) atoms. The van der Waals surface area contributed by atoms with Crippen LogP contribution in [-0.4, -0.2) is 32.9 Å². The van der Waals surface area contributed by atoms with Gasteiger partial charge >= 0.3 is 0 Å². The fourth-order valence-electron chi connectivity index (χ4n) is 3.33. The zero-order valence-electron chi connectivity index (χ0n) is 10.9. The zero-order valence-corrected chi connectivity index (χ0v) is 10.9. The van der Waals surface area contributed by atoms with Crippen LogP contribution in [0.3, 0.4) is 0 Å². The lowest BCUT2D eigenvalue weighted by Gasteiger charge is -2.33. The summed E-state index contributed by atoms with van der Waals surface area (Å²) >= 11 is 0. The summed E-state index contributed by atoms with van der Waals surface area (Å²) < 4.78 is 11.3. The maximum atomic E-state index is 5.81. The van der Waals surface area contributed by atoms with Gasteiger partial charge in [0.2, 0.25) is 0 Å². The number of para-hydroxylation sites is 1. The van der Waals surface area contributed by atoms with Crippen molar-refractivity contribution >= 4 is 0 Å². The van der Waals surface area contributed by atoms with Gasteiger partial charge in [-0.25, -0.2) is 0 Å². The van der Waals surface area contributed by atoms with Crippen molar-refractivity contribution in [2.75, 3.05) is 26.9 Å². The third kappa shape index (κ3) is 2.13. The molecular formula is C15H21NO2. The van der Waals surface area contributed by atoms with Crippen LogP contribution in [0, 0.1) is 5.92 Å². The van der Waals surface area contributed by atoms with Crippen LogP contribution in [0.15, 0.2) is 24.3 Å². The molecule has 1 fully saturated rings. The van der Waals surface area contributed by atoms with Crippen LogP contribution in [0.25, 0.3) is 0 Å². The van der Waals surface area contributed by atoms with Crippen molar-refractivity contribution in [1.82, 2.24) is 5.32 Å². The summed E-state index contributed by atoms with van der Waals surface area (Å²) in [7, 11) is 2.07. The average Bonchev–Trinajstić information content (AvgIpc) is 2.85. The third-order valence-corrected chi connectivity index (χ3v) is 4.28. The van der Waals surface area contributed by atoms with Gasteiger partial charge in [-0.05, 0) is 31.9 Å². The first-order chi connectivity index (χ1) is 8.90. The van der Waals surface area contributed by atoms with Crippen molar-refractivity contribution in [2.24, 2.45) is 5.92 Å². The van der Waals surface area contributed by atoms with Crippen molar-refractivity contribution in [3.8, 4) is 5.75 Å². The van der Waals surface area contributed by atoms with Crippen LogP contribution in [0.2, 0.25) is 0 Å². The Morgan fingerprint density at radius 2 is 2.00 bits per heavy atom. The van der Waals surface area contributed by atoms with E-state index in [1.165, 1.54) is 5.56 Å². The summed E-state index contributed by atoms with van der Waals surface area (Å²) in [6.45, 7) is 2.61. The van der Waals surface area contributed by atoms with E-state index >= 15 is 0 Å². The summed E-state index contributed by atoms with van der Waals surface area (Å²) in [6, 6.07) is 8.93. The van der Waals surface area contributed by atoms with Crippen LogP contribution in [0.1, 0.15) is 24.3 Å². The SMILES string of the molecule is CNC(C1CCOCC1)C1COc2ccccc21. The molecule has 1 N–H and O–H groups in total. The van der Waals surface area contributed by atoms with Gasteiger partial charge in [-0.3, -0.25) is 0 Å². The minimum Gasteiger partial charge on any atom is -0.493 e. The second-order valence-corrected chi connectivity index (χ2v) is 5.22. The Balaban J connectivity index is 1.80. The standard InChI is InChI=1S/C15H21NO2/c1-16-15(11-6-8-17-9-7-11)13-10-18-14-5-3-2-4-12(13)14/h2-5,11,13,15-16H,6-10H2,1H3. The van der Waals surface area contributed by atoms with E-state index in [-0.39, 0.29) is 0 Å². The fourth-order valence-corrected chi connectivity index (χ4v) is 3.33. The quantitative estimate of drug-likeness (QED) is 0.888. The molecule has 1 saturated heterocycles. The maximum Gasteiger partial charge on any atom is 0.122 e. The first kappa shape index (κ1) is 12.0. The predicted octanol–water partition coefficient (Wildman–Crippen LogP) is 2.18. The molecule has 0 aliphatic carbocycles. The number of rotatable bonds is 3. The number of hydrogen-bond acceptors (Lipinski definition) is 3. The van der Waals surface area contributed by atoms with Crippen LogP contribution in [-0.2, 0) is 4.74 Å². The van der Waals surface area contributed by atoms with Gasteiger partial charge in [0.25, 0.3) is 0 Å². The van der Waals surface area contributed by atoms with Crippen LogP contribution in [0.4, 0.5) is 0 Å². The van der Waals surface area contributed by atoms with Crippen molar-refractivity contribution in [3.63, 3.8) is 0 Å². The van der Waals surface area contributed by atoms with Gasteiger partial charge in [-0.2, -0.15) is 0 Å². The van der Waals surface area contributed by atoms with E-state index in [1.54, 1.807) is 0 Å². The van der Waals surface area contributed by atoms with Gasteiger partial charge < -0.3 is 14.8 Å². The molecular weight excluding hydrogens is 226 g/mol. The van der Waals surface area contributed by atoms with E-state index in [9.17, 15) is 0 Å². The largest absolute Gasteiger partial charge is 0.493 e. The Bertz CT molecular complexity index is 401. The van der Waals surface area contributed by atoms with Crippen molar-refractivity contribution in [2.45, 2.75) is 24.8 Å². The van der Waals surface area contributed by atoms with Gasteiger partial charge in [0, 0.05) is 30.7 Å². The second kappa shape index (κ2) is 5.29. The number of likely N-dealkylation sites (N-methyl/N-ethyl adjacent to an activating group) is 1. The molecule has 3 nitrogen and oxygen atoms in total.